The summed E-state index contributed by atoms with van der Waals surface area (Å²) in [5.74, 6) is 1.14. The molecule has 1 aliphatic carbocycles. The summed E-state index contributed by atoms with van der Waals surface area (Å²) in [7, 11) is 0. The molecule has 0 spiro atoms. The van der Waals surface area contributed by atoms with Crippen LogP contribution in [0.2, 0.25) is 0 Å². The second-order valence-corrected chi connectivity index (χ2v) is 5.17. The highest BCUT2D eigenvalue weighted by molar-refractivity contribution is 5.98. The predicted octanol–water partition coefficient (Wildman–Crippen LogP) is 2.62. The van der Waals surface area contributed by atoms with E-state index in [9.17, 15) is 0 Å². The van der Waals surface area contributed by atoms with Gasteiger partial charge in [0.15, 0.2) is 0 Å². The van der Waals surface area contributed by atoms with Crippen molar-refractivity contribution in [1.29, 1.82) is 0 Å². The molecule has 0 saturated heterocycles. The maximum Gasteiger partial charge on any atom is 0.116 e. The number of nitrogens with zero attached hydrogens (tertiary/aromatic N) is 3. The van der Waals surface area contributed by atoms with E-state index in [1.165, 1.54) is 31.4 Å². The van der Waals surface area contributed by atoms with Crippen molar-refractivity contribution in [2.24, 2.45) is 16.6 Å². The Hall–Kier alpha value is -1.58. The molecule has 98 valence electrons. The van der Waals surface area contributed by atoms with E-state index in [1.807, 2.05) is 13.3 Å². The van der Waals surface area contributed by atoms with Gasteiger partial charge in [0.25, 0.3) is 0 Å². The molecule has 1 heterocycles. The zero-order chi connectivity index (χ0) is 13.1. The molecule has 0 amide bonds. The molecule has 1 aromatic rings. The third-order valence-electron chi connectivity index (χ3n) is 3.68. The average molecular weight is 246 g/mol. The highest BCUT2D eigenvalue weighted by Crippen LogP contribution is 2.26. The Balaban J connectivity index is 2.15. The summed E-state index contributed by atoms with van der Waals surface area (Å²) >= 11 is 0. The molecule has 0 unspecified atom stereocenters. The number of hydrogen-bond donors (Lipinski definition) is 1. The number of rotatable bonds is 4. The smallest absolute Gasteiger partial charge is 0.116 e. The second kappa shape index (κ2) is 5.38. The largest absolute Gasteiger partial charge is 0.384 e. The molecule has 0 aliphatic heterocycles. The second-order valence-electron chi connectivity index (χ2n) is 5.17. The van der Waals surface area contributed by atoms with Crippen LogP contribution >= 0.6 is 0 Å². The van der Waals surface area contributed by atoms with Crippen molar-refractivity contribution < 1.29 is 0 Å². The molecule has 0 aromatic carbocycles. The lowest BCUT2D eigenvalue weighted by Crippen LogP contribution is -2.09. The minimum atomic E-state index is 0.331. The van der Waals surface area contributed by atoms with Crippen molar-refractivity contribution in [2.75, 3.05) is 0 Å². The van der Waals surface area contributed by atoms with Crippen LogP contribution in [-0.2, 0) is 6.54 Å². The molecule has 1 fully saturated rings. The van der Waals surface area contributed by atoms with Gasteiger partial charge in [0.2, 0.25) is 0 Å². The van der Waals surface area contributed by atoms with E-state index in [0.29, 0.717) is 5.82 Å². The van der Waals surface area contributed by atoms with Gasteiger partial charge in [-0.25, -0.2) is 9.98 Å². The van der Waals surface area contributed by atoms with Gasteiger partial charge in [-0.05, 0) is 32.6 Å². The fourth-order valence-corrected chi connectivity index (χ4v) is 2.72. The Kier molecular flexibility index (Phi) is 3.84. The first kappa shape index (κ1) is 12.9. The van der Waals surface area contributed by atoms with Crippen molar-refractivity contribution in [3.63, 3.8) is 0 Å². The van der Waals surface area contributed by atoms with Gasteiger partial charge >= 0.3 is 0 Å². The Bertz CT molecular complexity index is 464. The summed E-state index contributed by atoms with van der Waals surface area (Å²) < 4.78 is 2.24. The van der Waals surface area contributed by atoms with Crippen LogP contribution in [0.25, 0.3) is 0 Å². The maximum atomic E-state index is 5.50. The minimum Gasteiger partial charge on any atom is -0.384 e. The van der Waals surface area contributed by atoms with E-state index in [4.69, 9.17) is 5.73 Å². The highest BCUT2D eigenvalue weighted by Gasteiger charge is 2.17. The number of hydrogen-bond acceptors (Lipinski definition) is 3. The molecular formula is C14H22N4. The van der Waals surface area contributed by atoms with Gasteiger partial charge in [0.1, 0.15) is 11.5 Å². The Morgan fingerprint density at radius 2 is 2.22 bits per heavy atom. The van der Waals surface area contributed by atoms with E-state index < -0.39 is 0 Å². The fourth-order valence-electron chi connectivity index (χ4n) is 2.72. The molecule has 2 N–H and O–H groups in total. The number of aromatic nitrogens is 2. The predicted molar refractivity (Wildman–Crippen MR) is 74.5 cm³/mol. The molecule has 4 heteroatoms. The van der Waals surface area contributed by atoms with Gasteiger partial charge < -0.3 is 10.3 Å². The van der Waals surface area contributed by atoms with Gasteiger partial charge in [0.05, 0.1) is 12.0 Å². The third kappa shape index (κ3) is 2.81. The lowest BCUT2D eigenvalue weighted by Gasteiger charge is -2.11. The van der Waals surface area contributed by atoms with E-state index in [1.54, 1.807) is 0 Å². The van der Waals surface area contributed by atoms with Gasteiger partial charge in [-0.3, -0.25) is 0 Å². The van der Waals surface area contributed by atoms with Gasteiger partial charge in [-0.1, -0.05) is 19.4 Å². The van der Waals surface area contributed by atoms with Crippen LogP contribution in [-0.4, -0.2) is 15.3 Å². The molecule has 4 nitrogen and oxygen atoms in total. The summed E-state index contributed by atoms with van der Waals surface area (Å²) in [6.45, 7) is 8.69. The third-order valence-corrected chi connectivity index (χ3v) is 3.68. The van der Waals surface area contributed by atoms with E-state index in [0.717, 1.165) is 23.9 Å². The lowest BCUT2D eigenvalue weighted by atomic mass is 10.1. The van der Waals surface area contributed by atoms with Gasteiger partial charge in [0, 0.05) is 12.2 Å². The summed E-state index contributed by atoms with van der Waals surface area (Å²) in [5, 5.41) is 0. The Labute approximate surface area is 109 Å². The molecule has 2 rings (SSSR count). The van der Waals surface area contributed by atoms with Crippen LogP contribution in [0.1, 0.15) is 44.0 Å². The zero-order valence-corrected chi connectivity index (χ0v) is 11.3. The first-order chi connectivity index (χ1) is 8.58. The molecule has 0 atom stereocenters. The topological polar surface area (TPSA) is 56.2 Å². The number of nitrogens with two attached hydrogens (primary N) is 1. The standard InChI is InChI=1S/C14H22N4/c1-10(17-12(3)15)14-11(2)18(9-16-14)8-13-6-4-5-7-13/h9,13H,3-8,15H2,1-2H3/b17-10-. The summed E-state index contributed by atoms with van der Waals surface area (Å²) in [6.07, 6.45) is 7.36. The Morgan fingerprint density at radius 3 is 2.83 bits per heavy atom. The Morgan fingerprint density at radius 1 is 1.56 bits per heavy atom. The normalized spacial score (nSPS) is 17.3. The minimum absolute atomic E-state index is 0.331. The SMILES string of the molecule is C=C(N)/N=C(/C)c1ncn(CC2CCCC2)c1C. The summed E-state index contributed by atoms with van der Waals surface area (Å²) in [6, 6.07) is 0. The van der Waals surface area contributed by atoms with Crippen molar-refractivity contribution in [1.82, 2.24) is 9.55 Å². The quantitative estimate of drug-likeness (QED) is 0.830. The zero-order valence-electron chi connectivity index (χ0n) is 11.3. The molecule has 1 saturated carbocycles. The first-order valence-corrected chi connectivity index (χ1v) is 6.59. The van der Waals surface area contributed by atoms with Crippen LogP contribution in [0.4, 0.5) is 0 Å². The average Bonchev–Trinajstić information content (AvgIpc) is 2.90. The van der Waals surface area contributed by atoms with Gasteiger partial charge in [-0.2, -0.15) is 0 Å². The molecule has 1 aliphatic rings. The van der Waals surface area contributed by atoms with Crippen LogP contribution in [0, 0.1) is 12.8 Å². The fraction of sp³-hybridized carbons (Fsp3) is 0.571. The van der Waals surface area contributed by atoms with E-state index in [-0.39, 0.29) is 0 Å². The molecule has 0 bridgehead atoms. The first-order valence-electron chi connectivity index (χ1n) is 6.59. The monoisotopic (exact) mass is 246 g/mol. The molecule has 18 heavy (non-hydrogen) atoms. The number of aliphatic imine (C=N–C) groups is 1. The van der Waals surface area contributed by atoms with Crippen molar-refractivity contribution >= 4 is 5.71 Å². The van der Waals surface area contributed by atoms with Crippen molar-refractivity contribution in [3.8, 4) is 0 Å². The molecular weight excluding hydrogens is 224 g/mol. The molecule has 1 aromatic heterocycles. The van der Waals surface area contributed by atoms with E-state index >= 15 is 0 Å². The van der Waals surface area contributed by atoms with Gasteiger partial charge in [-0.15, -0.1) is 0 Å². The molecule has 0 radical (unpaired) electrons. The summed E-state index contributed by atoms with van der Waals surface area (Å²) in [5.41, 5.74) is 8.44. The maximum absolute atomic E-state index is 5.50. The van der Waals surface area contributed by atoms with Crippen molar-refractivity contribution in [2.45, 2.75) is 46.1 Å². The van der Waals surface area contributed by atoms with Crippen LogP contribution < -0.4 is 5.73 Å². The van der Waals surface area contributed by atoms with Crippen LogP contribution in [0.5, 0.6) is 0 Å². The summed E-state index contributed by atoms with van der Waals surface area (Å²) in [4.78, 5) is 8.62. The number of imidazole rings is 1. The van der Waals surface area contributed by atoms with Crippen molar-refractivity contribution in [3.05, 3.63) is 30.1 Å². The van der Waals surface area contributed by atoms with E-state index in [2.05, 4.69) is 28.0 Å². The highest BCUT2D eigenvalue weighted by atomic mass is 15.1. The van der Waals surface area contributed by atoms with Crippen LogP contribution in [0.15, 0.2) is 23.7 Å². The lowest BCUT2D eigenvalue weighted by molar-refractivity contribution is 0.452. The van der Waals surface area contributed by atoms with Crippen LogP contribution in [0.3, 0.4) is 0 Å².